The number of phenolic OH excluding ortho intramolecular Hbond substituents is 1. The van der Waals surface area contributed by atoms with Crippen LogP contribution >= 0.6 is 0 Å². The highest BCUT2D eigenvalue weighted by Gasteiger charge is 2.28. The van der Waals surface area contributed by atoms with Crippen molar-refractivity contribution in [2.24, 2.45) is 0 Å². The largest absolute Gasteiger partial charge is 0.508 e. The average molecular weight is 313 g/mol. The minimum atomic E-state index is -0.236. The molecule has 1 saturated heterocycles. The van der Waals surface area contributed by atoms with Crippen molar-refractivity contribution in [3.8, 4) is 5.75 Å². The minimum Gasteiger partial charge on any atom is -0.508 e. The van der Waals surface area contributed by atoms with Crippen LogP contribution in [0.1, 0.15) is 24.0 Å². The summed E-state index contributed by atoms with van der Waals surface area (Å²) in [7, 11) is 0. The molecule has 23 heavy (non-hydrogen) atoms. The summed E-state index contributed by atoms with van der Waals surface area (Å²) in [5.41, 5.74) is 1.96. The third-order valence-electron chi connectivity index (χ3n) is 4.37. The molecule has 0 bridgehead atoms. The number of halogens is 1. The second kappa shape index (κ2) is 6.82. The second-order valence-corrected chi connectivity index (χ2v) is 6.06. The van der Waals surface area contributed by atoms with Crippen LogP contribution in [0.15, 0.2) is 48.5 Å². The van der Waals surface area contributed by atoms with E-state index in [1.807, 2.05) is 4.90 Å². The van der Waals surface area contributed by atoms with Crippen LogP contribution in [0.5, 0.6) is 5.75 Å². The van der Waals surface area contributed by atoms with E-state index in [-0.39, 0.29) is 23.5 Å². The Morgan fingerprint density at radius 3 is 2.43 bits per heavy atom. The van der Waals surface area contributed by atoms with Crippen LogP contribution in [-0.2, 0) is 17.6 Å². The molecule has 3 nitrogen and oxygen atoms in total. The van der Waals surface area contributed by atoms with Gasteiger partial charge < -0.3 is 10.0 Å². The smallest absolute Gasteiger partial charge is 0.227 e. The molecule has 1 aliphatic heterocycles. The fourth-order valence-electron chi connectivity index (χ4n) is 3.16. The molecule has 4 heteroatoms. The monoisotopic (exact) mass is 313 g/mol. The van der Waals surface area contributed by atoms with Crippen molar-refractivity contribution in [3.05, 3.63) is 65.5 Å². The van der Waals surface area contributed by atoms with Gasteiger partial charge in [-0.15, -0.1) is 0 Å². The molecule has 2 aromatic carbocycles. The normalized spacial score (nSPS) is 17.4. The Kier molecular flexibility index (Phi) is 4.60. The van der Waals surface area contributed by atoms with Crippen LogP contribution in [0.25, 0.3) is 0 Å². The first-order valence-electron chi connectivity index (χ1n) is 7.93. The summed E-state index contributed by atoms with van der Waals surface area (Å²) in [6.45, 7) is 0.781. The van der Waals surface area contributed by atoms with Crippen molar-refractivity contribution in [2.75, 3.05) is 6.54 Å². The fraction of sp³-hybridized carbons (Fsp3) is 0.316. The molecule has 1 unspecified atom stereocenters. The van der Waals surface area contributed by atoms with Gasteiger partial charge in [-0.3, -0.25) is 4.79 Å². The molecule has 2 aromatic rings. The number of amides is 1. The summed E-state index contributed by atoms with van der Waals surface area (Å²) < 4.78 is 13.0. The van der Waals surface area contributed by atoms with E-state index in [1.54, 1.807) is 36.4 Å². The van der Waals surface area contributed by atoms with Crippen LogP contribution in [0.3, 0.4) is 0 Å². The van der Waals surface area contributed by atoms with Gasteiger partial charge in [-0.1, -0.05) is 24.3 Å². The first kappa shape index (κ1) is 15.5. The maximum absolute atomic E-state index is 13.0. The van der Waals surface area contributed by atoms with Crippen molar-refractivity contribution in [1.29, 1.82) is 0 Å². The van der Waals surface area contributed by atoms with Crippen LogP contribution < -0.4 is 0 Å². The van der Waals surface area contributed by atoms with E-state index in [2.05, 4.69) is 0 Å². The molecule has 1 heterocycles. The van der Waals surface area contributed by atoms with Gasteiger partial charge in [-0.05, 0) is 54.7 Å². The van der Waals surface area contributed by atoms with E-state index in [4.69, 9.17) is 0 Å². The van der Waals surface area contributed by atoms with Crippen molar-refractivity contribution < 1.29 is 14.3 Å². The van der Waals surface area contributed by atoms with Crippen molar-refractivity contribution in [1.82, 2.24) is 4.90 Å². The van der Waals surface area contributed by atoms with Crippen LogP contribution in [-0.4, -0.2) is 28.5 Å². The van der Waals surface area contributed by atoms with Crippen LogP contribution in [0.4, 0.5) is 4.39 Å². The molecule has 0 saturated carbocycles. The molecule has 1 amide bonds. The fourth-order valence-corrected chi connectivity index (χ4v) is 3.16. The van der Waals surface area contributed by atoms with Gasteiger partial charge in [0.2, 0.25) is 5.91 Å². The first-order valence-corrected chi connectivity index (χ1v) is 7.93. The minimum absolute atomic E-state index is 0.111. The predicted octanol–water partition coefficient (Wildman–Crippen LogP) is 3.31. The summed E-state index contributed by atoms with van der Waals surface area (Å²) in [6.07, 6.45) is 3.10. The highest BCUT2D eigenvalue weighted by Crippen LogP contribution is 2.23. The molecule has 1 N–H and O–H groups in total. The number of hydrogen-bond acceptors (Lipinski definition) is 2. The second-order valence-electron chi connectivity index (χ2n) is 6.06. The number of aromatic hydroxyl groups is 1. The van der Waals surface area contributed by atoms with Crippen molar-refractivity contribution >= 4 is 5.91 Å². The first-order chi connectivity index (χ1) is 11.1. The predicted molar refractivity (Wildman–Crippen MR) is 86.6 cm³/mol. The Morgan fingerprint density at radius 1 is 1.09 bits per heavy atom. The van der Waals surface area contributed by atoms with Gasteiger partial charge >= 0.3 is 0 Å². The van der Waals surface area contributed by atoms with Gasteiger partial charge in [-0.2, -0.15) is 0 Å². The highest BCUT2D eigenvalue weighted by molar-refractivity contribution is 5.79. The molecule has 1 atom stereocenters. The number of nitrogens with zero attached hydrogens (tertiary/aromatic N) is 1. The average Bonchev–Trinajstić information content (AvgIpc) is 3.00. The van der Waals surface area contributed by atoms with Gasteiger partial charge in [-0.25, -0.2) is 4.39 Å². The Balaban J connectivity index is 1.64. The Bertz CT molecular complexity index is 667. The summed E-state index contributed by atoms with van der Waals surface area (Å²) in [5.74, 6) is 0.0808. The van der Waals surface area contributed by atoms with Gasteiger partial charge in [0.1, 0.15) is 11.6 Å². The Labute approximate surface area is 135 Å². The molecule has 0 aromatic heterocycles. The number of carbonyl (C=O) groups excluding carboxylic acids is 1. The summed E-state index contributed by atoms with van der Waals surface area (Å²) in [4.78, 5) is 14.5. The Morgan fingerprint density at radius 2 is 1.74 bits per heavy atom. The summed E-state index contributed by atoms with van der Waals surface area (Å²) in [6, 6.07) is 13.4. The SMILES string of the molecule is O=C(Cc1ccc(O)cc1)N1CCCC1Cc1ccc(F)cc1. The van der Waals surface area contributed by atoms with E-state index in [0.29, 0.717) is 6.42 Å². The lowest BCUT2D eigenvalue weighted by Crippen LogP contribution is -2.37. The molecule has 1 aliphatic rings. The highest BCUT2D eigenvalue weighted by atomic mass is 19.1. The quantitative estimate of drug-likeness (QED) is 0.941. The molecule has 0 aliphatic carbocycles. The van der Waals surface area contributed by atoms with Crippen LogP contribution in [0, 0.1) is 5.82 Å². The standard InChI is InChI=1S/C19H20FNO2/c20-16-7-3-14(4-8-16)12-17-2-1-11-21(17)19(23)13-15-5-9-18(22)10-6-15/h3-10,17,22H,1-2,11-13H2. The van der Waals surface area contributed by atoms with Gasteiger partial charge in [0.25, 0.3) is 0 Å². The zero-order valence-corrected chi connectivity index (χ0v) is 12.9. The van der Waals surface area contributed by atoms with Crippen molar-refractivity contribution in [2.45, 2.75) is 31.7 Å². The van der Waals surface area contributed by atoms with Crippen LogP contribution in [0.2, 0.25) is 0 Å². The molecule has 3 rings (SSSR count). The lowest BCUT2D eigenvalue weighted by Gasteiger charge is -2.25. The summed E-state index contributed by atoms with van der Waals surface area (Å²) in [5, 5.41) is 9.31. The van der Waals surface area contributed by atoms with E-state index >= 15 is 0 Å². The molecule has 0 radical (unpaired) electrons. The topological polar surface area (TPSA) is 40.5 Å². The van der Waals surface area contributed by atoms with E-state index in [0.717, 1.165) is 36.9 Å². The maximum atomic E-state index is 13.0. The Hall–Kier alpha value is -2.36. The summed E-state index contributed by atoms with van der Waals surface area (Å²) >= 11 is 0. The number of phenols is 1. The number of hydrogen-bond donors (Lipinski definition) is 1. The number of benzene rings is 2. The lowest BCUT2D eigenvalue weighted by molar-refractivity contribution is -0.131. The molecule has 0 spiro atoms. The van der Waals surface area contributed by atoms with E-state index in [1.165, 1.54) is 12.1 Å². The molecular formula is C19H20FNO2. The maximum Gasteiger partial charge on any atom is 0.227 e. The molecular weight excluding hydrogens is 293 g/mol. The van der Waals surface area contributed by atoms with Gasteiger partial charge in [0, 0.05) is 12.6 Å². The van der Waals surface area contributed by atoms with Gasteiger partial charge in [0.05, 0.1) is 6.42 Å². The third kappa shape index (κ3) is 3.89. The van der Waals surface area contributed by atoms with E-state index < -0.39 is 0 Å². The zero-order chi connectivity index (χ0) is 16.2. The number of rotatable bonds is 4. The lowest BCUT2D eigenvalue weighted by atomic mass is 10.0. The van der Waals surface area contributed by atoms with Crippen molar-refractivity contribution in [3.63, 3.8) is 0 Å². The zero-order valence-electron chi connectivity index (χ0n) is 12.9. The number of likely N-dealkylation sites (tertiary alicyclic amines) is 1. The third-order valence-corrected chi connectivity index (χ3v) is 4.37. The molecule has 1 fully saturated rings. The molecule has 120 valence electrons. The number of carbonyl (C=O) groups is 1. The van der Waals surface area contributed by atoms with Gasteiger partial charge in [0.15, 0.2) is 0 Å². The van der Waals surface area contributed by atoms with E-state index in [9.17, 15) is 14.3 Å².